The highest BCUT2D eigenvalue weighted by Crippen LogP contribution is 2.36. The van der Waals surface area contributed by atoms with Crippen LogP contribution < -0.4 is 4.74 Å². The van der Waals surface area contributed by atoms with Crippen LogP contribution in [0.15, 0.2) is 80.3 Å². The van der Waals surface area contributed by atoms with E-state index < -0.39 is 10.9 Å². The number of hydrogen-bond acceptors (Lipinski definition) is 6. The molecule has 0 atom stereocenters. The summed E-state index contributed by atoms with van der Waals surface area (Å²) >= 11 is 7.03. The highest BCUT2D eigenvalue weighted by molar-refractivity contribution is 9.11. The van der Waals surface area contributed by atoms with Gasteiger partial charge in [0.1, 0.15) is 12.4 Å². The lowest BCUT2D eigenvalue weighted by molar-refractivity contribution is -0.385. The minimum atomic E-state index is -0.632. The summed E-state index contributed by atoms with van der Waals surface area (Å²) in [4.78, 5) is 27.4. The van der Waals surface area contributed by atoms with Crippen LogP contribution in [-0.2, 0) is 16.1 Å². The van der Waals surface area contributed by atoms with Gasteiger partial charge < -0.3 is 9.47 Å². The van der Waals surface area contributed by atoms with Crippen LogP contribution in [0, 0.1) is 17.0 Å². The molecule has 3 aromatic carbocycles. The number of benzene rings is 3. The van der Waals surface area contributed by atoms with E-state index in [1.54, 1.807) is 31.2 Å². The molecule has 1 aliphatic rings. The molecule has 0 fully saturated rings. The lowest BCUT2D eigenvalue weighted by Gasteiger charge is -2.11. The molecule has 1 heterocycles. The summed E-state index contributed by atoms with van der Waals surface area (Å²) in [6, 6.07) is 17.9. The van der Waals surface area contributed by atoms with Crippen molar-refractivity contribution in [1.29, 1.82) is 0 Å². The van der Waals surface area contributed by atoms with Crippen LogP contribution >= 0.6 is 31.9 Å². The summed E-state index contributed by atoms with van der Waals surface area (Å²) in [6.45, 7) is 1.99. The number of halogens is 2. The number of carbonyl (C=O) groups is 1. The van der Waals surface area contributed by atoms with Crippen LogP contribution in [0.4, 0.5) is 5.69 Å². The molecule has 166 valence electrons. The quantitative estimate of drug-likeness (QED) is 0.149. The molecule has 4 rings (SSSR count). The first-order valence-corrected chi connectivity index (χ1v) is 11.3. The number of hydrogen-bond donors (Lipinski definition) is 0. The molecule has 0 saturated heterocycles. The molecule has 1 aliphatic heterocycles. The molecular formula is C24H16Br2N2O5. The summed E-state index contributed by atoms with van der Waals surface area (Å²) in [5, 5.41) is 11.2. The van der Waals surface area contributed by atoms with Gasteiger partial charge in [-0.3, -0.25) is 10.1 Å². The van der Waals surface area contributed by atoms with Gasteiger partial charge in [0.15, 0.2) is 5.70 Å². The van der Waals surface area contributed by atoms with Crippen molar-refractivity contribution in [1.82, 2.24) is 0 Å². The molecule has 0 radical (unpaired) electrons. The number of esters is 1. The lowest BCUT2D eigenvalue weighted by Crippen LogP contribution is -2.08. The Hall–Kier alpha value is -3.30. The number of nitrogens with zero attached hydrogens (tertiary/aromatic N) is 2. The van der Waals surface area contributed by atoms with E-state index >= 15 is 0 Å². The van der Waals surface area contributed by atoms with E-state index in [1.165, 1.54) is 12.1 Å². The number of ether oxygens (including phenoxy) is 2. The van der Waals surface area contributed by atoms with Gasteiger partial charge in [-0.1, -0.05) is 36.4 Å². The minimum absolute atomic E-state index is 0.0356. The molecule has 0 unspecified atom stereocenters. The zero-order valence-corrected chi connectivity index (χ0v) is 20.4. The largest absolute Gasteiger partial charge is 0.487 e. The molecule has 7 nitrogen and oxygen atoms in total. The van der Waals surface area contributed by atoms with E-state index in [-0.39, 0.29) is 17.3 Å². The van der Waals surface area contributed by atoms with Crippen LogP contribution in [0.2, 0.25) is 0 Å². The first-order chi connectivity index (χ1) is 15.8. The Kier molecular flexibility index (Phi) is 6.71. The first-order valence-electron chi connectivity index (χ1n) is 9.76. The lowest BCUT2D eigenvalue weighted by atomic mass is 10.1. The summed E-state index contributed by atoms with van der Waals surface area (Å²) < 4.78 is 12.6. The third-order valence-corrected chi connectivity index (χ3v) is 6.08. The third-order valence-electron chi connectivity index (χ3n) is 4.90. The predicted molar refractivity (Wildman–Crippen MR) is 131 cm³/mol. The fraction of sp³-hybridized carbons (Fsp3) is 0.0833. The van der Waals surface area contributed by atoms with Crippen molar-refractivity contribution in [3.8, 4) is 5.75 Å². The Morgan fingerprint density at radius 1 is 1.09 bits per heavy atom. The third kappa shape index (κ3) is 5.04. The van der Waals surface area contributed by atoms with E-state index in [0.29, 0.717) is 38.0 Å². The summed E-state index contributed by atoms with van der Waals surface area (Å²) in [6.07, 6.45) is 1.58. The number of carbonyl (C=O) groups excluding carboxylic acids is 1. The highest BCUT2D eigenvalue weighted by Gasteiger charge is 2.27. The van der Waals surface area contributed by atoms with E-state index in [1.807, 2.05) is 30.3 Å². The van der Waals surface area contributed by atoms with E-state index in [0.717, 1.165) is 5.56 Å². The van der Waals surface area contributed by atoms with Crippen molar-refractivity contribution in [2.75, 3.05) is 0 Å². The van der Waals surface area contributed by atoms with Crippen LogP contribution in [0.5, 0.6) is 5.75 Å². The van der Waals surface area contributed by atoms with Gasteiger partial charge in [0.25, 0.3) is 5.69 Å². The van der Waals surface area contributed by atoms with Crippen molar-refractivity contribution in [2.24, 2.45) is 4.99 Å². The Bertz CT molecular complexity index is 1300. The average molecular weight is 572 g/mol. The van der Waals surface area contributed by atoms with E-state index in [4.69, 9.17) is 9.47 Å². The van der Waals surface area contributed by atoms with Gasteiger partial charge in [0, 0.05) is 17.2 Å². The molecule has 0 aromatic heterocycles. The monoisotopic (exact) mass is 570 g/mol. The van der Waals surface area contributed by atoms with Gasteiger partial charge in [-0.15, -0.1) is 0 Å². The second-order valence-electron chi connectivity index (χ2n) is 7.13. The summed E-state index contributed by atoms with van der Waals surface area (Å²) in [7, 11) is 0. The maximum atomic E-state index is 12.4. The van der Waals surface area contributed by atoms with Crippen LogP contribution in [0.25, 0.3) is 6.08 Å². The average Bonchev–Trinajstić information content (AvgIpc) is 3.13. The molecular weight excluding hydrogens is 556 g/mol. The SMILES string of the molecule is Cc1c(C2=N/C(=C\c3cc(Br)c(OCc4ccccc4)c(Br)c3)C(=O)O2)cccc1[N+](=O)[O-]. The molecule has 3 aromatic rings. The molecule has 9 heteroatoms. The van der Waals surface area contributed by atoms with E-state index in [9.17, 15) is 14.9 Å². The zero-order chi connectivity index (χ0) is 23.5. The van der Waals surface area contributed by atoms with Crippen molar-refractivity contribution >= 4 is 55.5 Å². The van der Waals surface area contributed by atoms with Crippen LogP contribution in [0.1, 0.15) is 22.3 Å². The smallest absolute Gasteiger partial charge is 0.363 e. The fourth-order valence-corrected chi connectivity index (χ4v) is 4.72. The number of nitro groups is 1. The standard InChI is InChI=1S/C24H16Br2N2O5/c1-14-17(8-5-9-21(14)28(30)31)23-27-20(24(29)33-23)12-16-10-18(25)22(19(26)11-16)32-13-15-6-3-2-4-7-15/h2-12H,13H2,1H3/b20-12-. The van der Waals surface area contributed by atoms with Gasteiger partial charge in [0.05, 0.1) is 13.9 Å². The van der Waals surface area contributed by atoms with Gasteiger partial charge in [-0.2, -0.15) is 0 Å². The second-order valence-corrected chi connectivity index (χ2v) is 8.84. The van der Waals surface area contributed by atoms with Gasteiger partial charge in [0.2, 0.25) is 5.90 Å². The van der Waals surface area contributed by atoms with Gasteiger partial charge in [-0.05, 0) is 74.2 Å². The topological polar surface area (TPSA) is 91.0 Å². The fourth-order valence-electron chi connectivity index (χ4n) is 3.27. The number of cyclic esters (lactones) is 1. The number of aliphatic imine (C=N–C) groups is 1. The van der Waals surface area contributed by atoms with E-state index in [2.05, 4.69) is 36.9 Å². The summed E-state index contributed by atoms with van der Waals surface area (Å²) in [5.74, 6) is 0.0346. The van der Waals surface area contributed by atoms with Crippen molar-refractivity contribution < 1.29 is 19.2 Å². The minimum Gasteiger partial charge on any atom is -0.487 e. The second kappa shape index (κ2) is 9.68. The molecule has 0 bridgehead atoms. The van der Waals surface area contributed by atoms with Crippen LogP contribution in [0.3, 0.4) is 0 Å². The molecule has 0 saturated carbocycles. The highest BCUT2D eigenvalue weighted by atomic mass is 79.9. The van der Waals surface area contributed by atoms with Crippen molar-refractivity contribution in [2.45, 2.75) is 13.5 Å². The Morgan fingerprint density at radius 3 is 2.45 bits per heavy atom. The van der Waals surface area contributed by atoms with Crippen molar-refractivity contribution in [3.63, 3.8) is 0 Å². The summed E-state index contributed by atoms with van der Waals surface area (Å²) in [5.41, 5.74) is 2.52. The number of rotatable bonds is 6. The normalized spacial score (nSPS) is 14.2. The Labute approximate surface area is 206 Å². The number of nitro benzene ring substituents is 1. The first kappa shape index (κ1) is 22.9. The zero-order valence-electron chi connectivity index (χ0n) is 17.2. The van der Waals surface area contributed by atoms with Gasteiger partial charge in [-0.25, -0.2) is 9.79 Å². The van der Waals surface area contributed by atoms with Crippen LogP contribution in [-0.4, -0.2) is 16.8 Å². The predicted octanol–water partition coefficient (Wildman–Crippen LogP) is 6.35. The molecule has 0 N–H and O–H groups in total. The maximum absolute atomic E-state index is 12.4. The Balaban J connectivity index is 1.60. The molecule has 33 heavy (non-hydrogen) atoms. The molecule has 0 spiro atoms. The molecule has 0 aliphatic carbocycles. The van der Waals surface area contributed by atoms with Gasteiger partial charge >= 0.3 is 5.97 Å². The van der Waals surface area contributed by atoms with Crippen molar-refractivity contribution in [3.05, 3.63) is 108 Å². The maximum Gasteiger partial charge on any atom is 0.363 e. The Morgan fingerprint density at radius 2 is 1.79 bits per heavy atom. The molecule has 0 amide bonds.